The Hall–Kier alpha value is -1.18. The molecule has 3 rings (SSSR count). The molecule has 1 aromatic carbocycles. The van der Waals surface area contributed by atoms with Crippen molar-refractivity contribution in [1.82, 2.24) is 0 Å². The number of unbranched alkanes of at least 4 members (excludes halogenated alkanes) is 2. The van der Waals surface area contributed by atoms with Crippen LogP contribution in [0.5, 0.6) is 11.5 Å². The minimum Gasteiger partial charge on any atom is -0.494 e. The Balaban J connectivity index is 1.23. The zero-order chi connectivity index (χ0) is 21.0. The molecule has 0 heterocycles. The van der Waals surface area contributed by atoms with Crippen molar-refractivity contribution in [3.63, 3.8) is 0 Å². The third kappa shape index (κ3) is 8.52. The van der Waals surface area contributed by atoms with Gasteiger partial charge in [0.15, 0.2) is 0 Å². The van der Waals surface area contributed by atoms with Crippen LogP contribution in [0.3, 0.4) is 0 Å². The fraction of sp³-hybridized carbons (Fsp3) is 0.786. The summed E-state index contributed by atoms with van der Waals surface area (Å²) in [5.41, 5.74) is 0. The quantitative estimate of drug-likeness (QED) is 0.319. The van der Waals surface area contributed by atoms with E-state index in [-0.39, 0.29) is 0 Å². The highest BCUT2D eigenvalue weighted by Gasteiger charge is 2.20. The molecule has 2 heteroatoms. The van der Waals surface area contributed by atoms with Crippen LogP contribution in [0.1, 0.15) is 104 Å². The molecule has 0 atom stereocenters. The predicted molar refractivity (Wildman–Crippen MR) is 127 cm³/mol. The van der Waals surface area contributed by atoms with Crippen LogP contribution >= 0.6 is 0 Å². The average molecular weight is 415 g/mol. The van der Waals surface area contributed by atoms with Gasteiger partial charge in [0.2, 0.25) is 0 Å². The van der Waals surface area contributed by atoms with Gasteiger partial charge in [0.05, 0.1) is 13.2 Å². The van der Waals surface area contributed by atoms with Crippen molar-refractivity contribution in [3.8, 4) is 11.5 Å². The van der Waals surface area contributed by atoms with Gasteiger partial charge in [0.1, 0.15) is 11.5 Å². The summed E-state index contributed by atoms with van der Waals surface area (Å²) in [4.78, 5) is 0. The SMILES string of the molecule is CCCCC[C@H]1CC[C@H](CCCOc2ccc(OC[C@H]3CC[C@H](C)CC3)cc2)CC1. The van der Waals surface area contributed by atoms with Gasteiger partial charge in [-0.15, -0.1) is 0 Å². The van der Waals surface area contributed by atoms with Crippen molar-refractivity contribution in [1.29, 1.82) is 0 Å². The molecule has 2 saturated carbocycles. The normalized spacial score (nSPS) is 27.0. The van der Waals surface area contributed by atoms with Crippen molar-refractivity contribution in [3.05, 3.63) is 24.3 Å². The maximum atomic E-state index is 6.02. The van der Waals surface area contributed by atoms with Crippen LogP contribution in [0.25, 0.3) is 0 Å². The van der Waals surface area contributed by atoms with E-state index in [0.717, 1.165) is 48.4 Å². The van der Waals surface area contributed by atoms with Gasteiger partial charge < -0.3 is 9.47 Å². The molecule has 0 spiro atoms. The molecule has 30 heavy (non-hydrogen) atoms. The van der Waals surface area contributed by atoms with Crippen molar-refractivity contribution in [2.24, 2.45) is 23.7 Å². The van der Waals surface area contributed by atoms with Crippen LogP contribution < -0.4 is 9.47 Å². The molecule has 0 N–H and O–H groups in total. The molecule has 2 aliphatic carbocycles. The smallest absolute Gasteiger partial charge is 0.119 e. The lowest BCUT2D eigenvalue weighted by Crippen LogP contribution is -2.18. The zero-order valence-electron chi connectivity index (χ0n) is 19.7. The van der Waals surface area contributed by atoms with Crippen molar-refractivity contribution < 1.29 is 9.47 Å². The third-order valence-corrected chi connectivity index (χ3v) is 7.65. The number of rotatable bonds is 12. The first kappa shape index (κ1) is 23.5. The maximum absolute atomic E-state index is 6.02. The molecule has 1 aromatic rings. The zero-order valence-corrected chi connectivity index (χ0v) is 19.7. The molecule has 0 saturated heterocycles. The van der Waals surface area contributed by atoms with Gasteiger partial charge in [-0.25, -0.2) is 0 Å². The van der Waals surface area contributed by atoms with E-state index in [9.17, 15) is 0 Å². The van der Waals surface area contributed by atoms with E-state index in [1.807, 2.05) is 0 Å². The van der Waals surface area contributed by atoms with Crippen LogP contribution in [-0.4, -0.2) is 13.2 Å². The fourth-order valence-electron chi connectivity index (χ4n) is 5.40. The van der Waals surface area contributed by atoms with Crippen molar-refractivity contribution in [2.75, 3.05) is 13.2 Å². The monoisotopic (exact) mass is 414 g/mol. The summed E-state index contributed by atoms with van der Waals surface area (Å²) in [6, 6.07) is 8.28. The Morgan fingerprint density at radius 2 is 1.20 bits per heavy atom. The van der Waals surface area contributed by atoms with Crippen LogP contribution in [-0.2, 0) is 0 Å². The first-order valence-electron chi connectivity index (χ1n) is 13.1. The van der Waals surface area contributed by atoms with Crippen LogP contribution in [0.15, 0.2) is 24.3 Å². The van der Waals surface area contributed by atoms with E-state index in [1.54, 1.807) is 0 Å². The minimum atomic E-state index is 0.739. The molecule has 0 amide bonds. The molecular formula is C28H46O2. The van der Waals surface area contributed by atoms with E-state index in [0.29, 0.717) is 0 Å². The molecule has 2 fully saturated rings. The van der Waals surface area contributed by atoms with Gasteiger partial charge >= 0.3 is 0 Å². The van der Waals surface area contributed by atoms with Gasteiger partial charge in [-0.2, -0.15) is 0 Å². The second-order valence-corrected chi connectivity index (χ2v) is 10.3. The highest BCUT2D eigenvalue weighted by molar-refractivity contribution is 5.31. The number of hydrogen-bond donors (Lipinski definition) is 0. The van der Waals surface area contributed by atoms with Crippen molar-refractivity contribution in [2.45, 2.75) is 104 Å². The molecule has 2 aliphatic rings. The van der Waals surface area contributed by atoms with E-state index < -0.39 is 0 Å². The summed E-state index contributed by atoms with van der Waals surface area (Å²) in [5.74, 6) is 5.57. The summed E-state index contributed by atoms with van der Waals surface area (Å²) in [7, 11) is 0. The van der Waals surface area contributed by atoms with Gasteiger partial charge in [-0.05, 0) is 73.6 Å². The maximum Gasteiger partial charge on any atom is 0.119 e. The summed E-state index contributed by atoms with van der Waals surface area (Å²) in [6.07, 6.45) is 19.4. The highest BCUT2D eigenvalue weighted by Crippen LogP contribution is 2.34. The second kappa shape index (κ2) is 13.3. The Bertz CT molecular complexity index is 551. The molecule has 170 valence electrons. The topological polar surface area (TPSA) is 18.5 Å². The first-order valence-corrected chi connectivity index (χ1v) is 13.1. The second-order valence-electron chi connectivity index (χ2n) is 10.3. The summed E-state index contributed by atoms with van der Waals surface area (Å²) < 4.78 is 12.0. The van der Waals surface area contributed by atoms with Crippen molar-refractivity contribution >= 4 is 0 Å². The Morgan fingerprint density at radius 1 is 0.667 bits per heavy atom. The lowest BCUT2D eigenvalue weighted by Gasteiger charge is -2.28. The first-order chi connectivity index (χ1) is 14.7. The van der Waals surface area contributed by atoms with Gasteiger partial charge in [-0.1, -0.05) is 78.1 Å². The molecular weight excluding hydrogens is 368 g/mol. The standard InChI is InChI=1S/C28H46O2/c1-3-4-5-7-24-13-15-25(16-14-24)8-6-21-29-27-17-19-28(20-18-27)30-22-26-11-9-23(2)10-12-26/h17-20,23-26H,3-16,21-22H2,1-2H3/t23-,24-,25-,26-. The summed E-state index contributed by atoms with van der Waals surface area (Å²) in [6.45, 7) is 6.39. The number of ether oxygens (including phenoxy) is 2. The molecule has 0 aliphatic heterocycles. The molecule has 0 radical (unpaired) electrons. The molecule has 0 aromatic heterocycles. The lowest BCUT2D eigenvalue weighted by atomic mass is 9.78. The van der Waals surface area contributed by atoms with E-state index in [2.05, 4.69) is 38.1 Å². The summed E-state index contributed by atoms with van der Waals surface area (Å²) in [5, 5.41) is 0. The summed E-state index contributed by atoms with van der Waals surface area (Å²) >= 11 is 0. The predicted octanol–water partition coefficient (Wildman–Crippen LogP) is 8.44. The lowest BCUT2D eigenvalue weighted by molar-refractivity contribution is 0.188. The number of hydrogen-bond acceptors (Lipinski definition) is 2. The van der Waals surface area contributed by atoms with Crippen LogP contribution in [0.4, 0.5) is 0 Å². The largest absolute Gasteiger partial charge is 0.494 e. The van der Waals surface area contributed by atoms with Crippen LogP contribution in [0, 0.1) is 23.7 Å². The van der Waals surface area contributed by atoms with Gasteiger partial charge in [0, 0.05) is 0 Å². The fourth-order valence-corrected chi connectivity index (χ4v) is 5.40. The third-order valence-electron chi connectivity index (χ3n) is 7.65. The van der Waals surface area contributed by atoms with Crippen LogP contribution in [0.2, 0.25) is 0 Å². The Kier molecular flexibility index (Phi) is 10.4. The Labute approximate surface area is 186 Å². The van der Waals surface area contributed by atoms with E-state index >= 15 is 0 Å². The number of benzene rings is 1. The minimum absolute atomic E-state index is 0.739. The highest BCUT2D eigenvalue weighted by atomic mass is 16.5. The van der Waals surface area contributed by atoms with Gasteiger partial charge in [0.25, 0.3) is 0 Å². The van der Waals surface area contributed by atoms with E-state index in [1.165, 1.54) is 89.9 Å². The molecule has 2 nitrogen and oxygen atoms in total. The molecule has 0 bridgehead atoms. The van der Waals surface area contributed by atoms with E-state index in [4.69, 9.17) is 9.47 Å². The van der Waals surface area contributed by atoms with Gasteiger partial charge in [-0.3, -0.25) is 0 Å². The Morgan fingerprint density at radius 3 is 1.80 bits per heavy atom. The molecule has 0 unspecified atom stereocenters. The average Bonchev–Trinajstić information content (AvgIpc) is 2.78.